The van der Waals surface area contributed by atoms with Gasteiger partial charge in [0.05, 0.1) is 0 Å². The van der Waals surface area contributed by atoms with Crippen LogP contribution in [0, 0.1) is 0 Å². The average molecular weight is 202 g/mol. The summed E-state index contributed by atoms with van der Waals surface area (Å²) in [6.07, 6.45) is 2.92. The number of nitrogens with two attached hydrogens (primary N) is 3. The third-order valence-corrected chi connectivity index (χ3v) is 2.00. The molecule has 0 radical (unpaired) electrons. The maximum atomic E-state index is 5.66. The molecule has 1 fully saturated rings. The minimum atomic E-state index is 0. The number of hydrogen-bond donors (Lipinski definition) is 3. The molecule has 0 aliphatic heterocycles. The van der Waals surface area contributed by atoms with Gasteiger partial charge in [0.2, 0.25) is 0 Å². The Hall–Kier alpha value is 0.460. The van der Waals surface area contributed by atoms with Gasteiger partial charge in [-0.05, 0) is 19.3 Å². The van der Waals surface area contributed by atoms with Crippen molar-refractivity contribution in [2.75, 3.05) is 0 Å². The van der Waals surface area contributed by atoms with Gasteiger partial charge >= 0.3 is 0 Å². The van der Waals surface area contributed by atoms with Gasteiger partial charge in [-0.1, -0.05) is 0 Å². The molecular weight excluding hydrogens is 185 g/mol. The predicted molar refractivity (Wildman–Crippen MR) is 52.3 cm³/mol. The fourth-order valence-corrected chi connectivity index (χ4v) is 1.26. The summed E-state index contributed by atoms with van der Waals surface area (Å²) >= 11 is 0. The summed E-state index contributed by atoms with van der Waals surface area (Å²) < 4.78 is 0. The zero-order valence-corrected chi connectivity index (χ0v) is 8.03. The van der Waals surface area contributed by atoms with E-state index in [4.69, 9.17) is 17.2 Å². The number of halogens is 2. The van der Waals surface area contributed by atoms with Crippen LogP contribution in [0.5, 0.6) is 0 Å². The Kier molecular flexibility index (Phi) is 7.68. The maximum Gasteiger partial charge on any atom is 0.0207 e. The van der Waals surface area contributed by atoms with Crippen LogP contribution in [0.25, 0.3) is 0 Å². The summed E-state index contributed by atoms with van der Waals surface area (Å²) in [5.74, 6) is 0. The molecule has 1 rings (SSSR count). The van der Waals surface area contributed by atoms with Crippen molar-refractivity contribution in [3.63, 3.8) is 0 Å². The van der Waals surface area contributed by atoms with Gasteiger partial charge < -0.3 is 17.2 Å². The van der Waals surface area contributed by atoms with Crippen LogP contribution < -0.4 is 17.2 Å². The summed E-state index contributed by atoms with van der Waals surface area (Å²) in [5, 5.41) is 0. The minimum absolute atomic E-state index is 0. The maximum absolute atomic E-state index is 5.66. The quantitative estimate of drug-likeness (QED) is 0.517. The lowest BCUT2D eigenvalue weighted by atomic mass is 9.88. The Morgan fingerprint density at radius 3 is 1.73 bits per heavy atom. The van der Waals surface area contributed by atoms with Crippen molar-refractivity contribution in [1.29, 1.82) is 0 Å². The van der Waals surface area contributed by atoms with E-state index in [0.717, 1.165) is 19.3 Å². The highest BCUT2D eigenvalue weighted by atomic mass is 35.5. The van der Waals surface area contributed by atoms with Gasteiger partial charge in [0.15, 0.2) is 0 Å². The molecule has 0 aromatic carbocycles. The van der Waals surface area contributed by atoms with Crippen LogP contribution in [0.4, 0.5) is 0 Å². The van der Waals surface area contributed by atoms with Crippen molar-refractivity contribution in [2.45, 2.75) is 37.4 Å². The monoisotopic (exact) mass is 201 g/mol. The predicted octanol–water partition coefficient (Wildman–Crippen LogP) is -0.00420. The van der Waals surface area contributed by atoms with E-state index in [1.165, 1.54) is 0 Å². The Morgan fingerprint density at radius 2 is 1.36 bits per heavy atom. The fourth-order valence-electron chi connectivity index (χ4n) is 1.26. The van der Waals surface area contributed by atoms with E-state index in [1.54, 1.807) is 0 Å². The van der Waals surface area contributed by atoms with Crippen LogP contribution in [0.15, 0.2) is 0 Å². The second-order valence-corrected chi connectivity index (χ2v) is 2.90. The molecule has 0 aromatic heterocycles. The summed E-state index contributed by atoms with van der Waals surface area (Å²) in [5.41, 5.74) is 17.0. The first-order valence-corrected chi connectivity index (χ1v) is 3.47. The molecular formula is C6H17Cl2N3. The minimum Gasteiger partial charge on any atom is -0.328 e. The van der Waals surface area contributed by atoms with E-state index in [2.05, 4.69) is 0 Å². The number of hydrogen-bond acceptors (Lipinski definition) is 3. The Labute approximate surface area is 79.9 Å². The lowest BCUT2D eigenvalue weighted by molar-refractivity contribution is 0.347. The lowest BCUT2D eigenvalue weighted by Gasteiger charge is -2.29. The molecule has 3 atom stereocenters. The highest BCUT2D eigenvalue weighted by Gasteiger charge is 2.22. The highest BCUT2D eigenvalue weighted by Crippen LogP contribution is 2.13. The zero-order chi connectivity index (χ0) is 6.85. The van der Waals surface area contributed by atoms with Crippen LogP contribution in [-0.4, -0.2) is 18.1 Å². The van der Waals surface area contributed by atoms with Gasteiger partial charge in [0, 0.05) is 18.1 Å². The molecule has 6 N–H and O–H groups in total. The van der Waals surface area contributed by atoms with E-state index in [-0.39, 0.29) is 36.9 Å². The fraction of sp³-hybridized carbons (Fsp3) is 1.00. The van der Waals surface area contributed by atoms with E-state index in [9.17, 15) is 0 Å². The molecule has 1 aliphatic carbocycles. The first-order chi connectivity index (χ1) is 4.20. The molecule has 0 saturated heterocycles. The molecule has 70 valence electrons. The van der Waals surface area contributed by atoms with Crippen molar-refractivity contribution in [2.24, 2.45) is 17.2 Å². The van der Waals surface area contributed by atoms with Gasteiger partial charge in [-0.25, -0.2) is 0 Å². The number of rotatable bonds is 0. The molecule has 0 bridgehead atoms. The summed E-state index contributed by atoms with van der Waals surface area (Å²) in [6.45, 7) is 0. The average Bonchev–Trinajstić information content (AvgIpc) is 1.80. The van der Waals surface area contributed by atoms with Crippen molar-refractivity contribution < 1.29 is 0 Å². The molecule has 5 heteroatoms. The van der Waals surface area contributed by atoms with Crippen molar-refractivity contribution >= 4 is 24.8 Å². The van der Waals surface area contributed by atoms with E-state index < -0.39 is 0 Å². The largest absolute Gasteiger partial charge is 0.328 e. The summed E-state index contributed by atoms with van der Waals surface area (Å²) in [6, 6.07) is 0.610. The third kappa shape index (κ3) is 4.13. The first-order valence-electron chi connectivity index (χ1n) is 3.47. The lowest BCUT2D eigenvalue weighted by Crippen LogP contribution is -2.49. The molecule has 0 heterocycles. The van der Waals surface area contributed by atoms with Crippen LogP contribution >= 0.6 is 24.8 Å². The molecule has 0 amide bonds. The smallest absolute Gasteiger partial charge is 0.0207 e. The van der Waals surface area contributed by atoms with Crippen molar-refractivity contribution in [3.8, 4) is 0 Å². The second kappa shape index (κ2) is 6.03. The summed E-state index contributed by atoms with van der Waals surface area (Å²) in [4.78, 5) is 0. The van der Waals surface area contributed by atoms with Gasteiger partial charge in [-0.3, -0.25) is 0 Å². The van der Waals surface area contributed by atoms with Crippen LogP contribution in [0.3, 0.4) is 0 Å². The molecule has 0 spiro atoms. The Morgan fingerprint density at radius 1 is 0.818 bits per heavy atom. The van der Waals surface area contributed by atoms with Gasteiger partial charge in [0.1, 0.15) is 0 Å². The topological polar surface area (TPSA) is 78.1 Å². The molecule has 3 unspecified atom stereocenters. The van der Waals surface area contributed by atoms with E-state index in [0.29, 0.717) is 6.04 Å². The van der Waals surface area contributed by atoms with Gasteiger partial charge in [0.25, 0.3) is 0 Å². The second-order valence-electron chi connectivity index (χ2n) is 2.90. The van der Waals surface area contributed by atoms with Gasteiger partial charge in [-0.15, -0.1) is 24.8 Å². The highest BCUT2D eigenvalue weighted by molar-refractivity contribution is 5.85. The molecule has 11 heavy (non-hydrogen) atoms. The van der Waals surface area contributed by atoms with Crippen molar-refractivity contribution in [3.05, 3.63) is 0 Å². The van der Waals surface area contributed by atoms with E-state index in [1.807, 2.05) is 0 Å². The molecule has 1 saturated carbocycles. The molecule has 0 aromatic rings. The first kappa shape index (κ1) is 14.0. The van der Waals surface area contributed by atoms with Crippen LogP contribution in [0.1, 0.15) is 19.3 Å². The zero-order valence-electron chi connectivity index (χ0n) is 6.40. The third-order valence-electron chi connectivity index (χ3n) is 2.00. The van der Waals surface area contributed by atoms with Crippen LogP contribution in [0.2, 0.25) is 0 Å². The normalized spacial score (nSPS) is 36.8. The Bertz CT molecular complexity index is 102. The standard InChI is InChI=1S/C6H15N3.2ClH/c7-4-1-2-5(8)6(9)3-4;;/h4-6H,1-3,7-9H2;2*1H. The van der Waals surface area contributed by atoms with E-state index >= 15 is 0 Å². The van der Waals surface area contributed by atoms with Crippen LogP contribution in [-0.2, 0) is 0 Å². The van der Waals surface area contributed by atoms with Crippen molar-refractivity contribution in [1.82, 2.24) is 0 Å². The molecule has 3 nitrogen and oxygen atoms in total. The van der Waals surface area contributed by atoms with Gasteiger partial charge in [-0.2, -0.15) is 0 Å². The molecule has 1 aliphatic rings. The Balaban J connectivity index is 0. The summed E-state index contributed by atoms with van der Waals surface area (Å²) in [7, 11) is 0. The SMILES string of the molecule is Cl.Cl.NC1CCC(N)C(N)C1.